The number of hydrogen-bond acceptors (Lipinski definition) is 7. The topological polar surface area (TPSA) is 103 Å². The molecular formula is C28H28ClN3O6. The van der Waals surface area contributed by atoms with E-state index in [1.807, 2.05) is 60.7 Å². The average Bonchev–Trinajstić information content (AvgIpc) is 3.33. The minimum Gasteiger partial charge on any atom is -0.488 e. The predicted molar refractivity (Wildman–Crippen MR) is 143 cm³/mol. The van der Waals surface area contributed by atoms with E-state index in [-0.39, 0.29) is 41.9 Å². The molecule has 0 spiro atoms. The summed E-state index contributed by atoms with van der Waals surface area (Å²) in [7, 11) is 0. The lowest BCUT2D eigenvalue weighted by molar-refractivity contribution is -0.428. The Bertz CT molecular complexity index is 1320. The molecule has 1 heterocycles. The molecule has 0 saturated heterocycles. The van der Waals surface area contributed by atoms with Crippen LogP contribution >= 0.6 is 11.6 Å². The van der Waals surface area contributed by atoms with Gasteiger partial charge in [-0.25, -0.2) is 0 Å². The number of benzene rings is 3. The van der Waals surface area contributed by atoms with E-state index in [2.05, 4.69) is 5.32 Å². The van der Waals surface area contributed by atoms with Gasteiger partial charge in [0.05, 0.1) is 15.5 Å². The number of rotatable bonds is 11. The van der Waals surface area contributed by atoms with Gasteiger partial charge in [0.2, 0.25) is 11.8 Å². The highest BCUT2D eigenvalue weighted by molar-refractivity contribution is 6.32. The maximum Gasteiger partial charge on any atom is 0.321 e. The summed E-state index contributed by atoms with van der Waals surface area (Å²) in [4.78, 5) is 30.3. The highest BCUT2D eigenvalue weighted by atomic mass is 35.5. The number of halogens is 1. The Labute approximate surface area is 225 Å². The van der Waals surface area contributed by atoms with Crippen LogP contribution in [0.2, 0.25) is 5.02 Å². The maximum atomic E-state index is 12.8. The third-order valence-electron chi connectivity index (χ3n) is 5.85. The van der Waals surface area contributed by atoms with Gasteiger partial charge in [0, 0.05) is 19.2 Å². The number of nitrogens with one attached hydrogen (secondary N) is 1. The van der Waals surface area contributed by atoms with Crippen molar-refractivity contribution < 1.29 is 24.0 Å². The average molecular weight is 538 g/mol. The van der Waals surface area contributed by atoms with E-state index in [0.717, 1.165) is 11.1 Å². The van der Waals surface area contributed by atoms with Crippen LogP contribution in [0.1, 0.15) is 30.5 Å². The van der Waals surface area contributed by atoms with Crippen LogP contribution in [0.15, 0.2) is 78.5 Å². The minimum atomic E-state index is -1.24. The van der Waals surface area contributed by atoms with Crippen molar-refractivity contribution in [2.45, 2.75) is 33.1 Å². The third-order valence-corrected chi connectivity index (χ3v) is 6.14. The summed E-state index contributed by atoms with van der Waals surface area (Å²) in [5.74, 6) is -0.0242. The van der Waals surface area contributed by atoms with Gasteiger partial charge in [0.25, 0.3) is 5.91 Å². The van der Waals surface area contributed by atoms with Crippen LogP contribution in [0.25, 0.3) is 5.76 Å². The van der Waals surface area contributed by atoms with Gasteiger partial charge >= 0.3 is 5.70 Å². The smallest absolute Gasteiger partial charge is 0.321 e. The fourth-order valence-corrected chi connectivity index (χ4v) is 4.25. The second-order valence-electron chi connectivity index (χ2n) is 8.42. The Morgan fingerprint density at radius 1 is 1.00 bits per heavy atom. The number of nitro groups is 1. The molecule has 0 saturated carbocycles. The molecule has 1 aliphatic rings. The third kappa shape index (κ3) is 6.07. The van der Waals surface area contributed by atoms with E-state index in [4.69, 9.17) is 25.9 Å². The Morgan fingerprint density at radius 3 is 2.11 bits per heavy atom. The number of hydrogen-bond donors (Lipinski definition) is 1. The first-order valence-corrected chi connectivity index (χ1v) is 12.6. The first kappa shape index (κ1) is 27.0. The summed E-state index contributed by atoms with van der Waals surface area (Å²) in [6.45, 7) is 4.48. The fraction of sp³-hybridized carbons (Fsp3) is 0.250. The first-order chi connectivity index (χ1) is 18.4. The lowest BCUT2D eigenvalue weighted by atomic mass is 10.1. The molecule has 0 bridgehead atoms. The van der Waals surface area contributed by atoms with Crippen molar-refractivity contribution in [3.05, 3.63) is 110 Å². The van der Waals surface area contributed by atoms with Crippen LogP contribution in [0.4, 0.5) is 0 Å². The zero-order valence-corrected chi connectivity index (χ0v) is 21.8. The molecule has 0 aliphatic carbocycles. The van der Waals surface area contributed by atoms with Gasteiger partial charge in [0.1, 0.15) is 24.7 Å². The van der Waals surface area contributed by atoms with Crippen molar-refractivity contribution in [3.63, 3.8) is 0 Å². The Hall–Kier alpha value is -4.08. The van der Waals surface area contributed by atoms with E-state index in [0.29, 0.717) is 12.3 Å². The number of hydroxylamine groups is 2. The standard InChI is InChI=1S/C28H28ClN3O6/c1-3-30-28(33)26-25(32(34)35)27(38-31(26)4-2)21-15-22(29)24(37-18-20-13-9-6-10-14-20)16-23(21)36-17-19-11-7-5-8-12-19/h5-16,26H,3-4,17-18H2,1-2H3,(H,30,33). The van der Waals surface area contributed by atoms with Gasteiger partial charge in [-0.1, -0.05) is 72.3 Å². The highest BCUT2D eigenvalue weighted by Crippen LogP contribution is 2.42. The van der Waals surface area contributed by atoms with E-state index in [1.165, 1.54) is 11.1 Å². The molecule has 1 unspecified atom stereocenters. The molecule has 1 aliphatic heterocycles. The van der Waals surface area contributed by atoms with E-state index >= 15 is 0 Å². The van der Waals surface area contributed by atoms with Crippen LogP contribution in [0.3, 0.4) is 0 Å². The van der Waals surface area contributed by atoms with Crippen molar-refractivity contribution in [3.8, 4) is 11.5 Å². The summed E-state index contributed by atoms with van der Waals surface area (Å²) in [5.41, 5.74) is 1.69. The molecule has 0 aromatic heterocycles. The molecule has 3 aromatic carbocycles. The summed E-state index contributed by atoms with van der Waals surface area (Å²) in [6, 6.07) is 20.9. The summed E-state index contributed by atoms with van der Waals surface area (Å²) in [6.07, 6.45) is 0. The van der Waals surface area contributed by atoms with Crippen LogP contribution in [0, 0.1) is 10.1 Å². The molecule has 0 fully saturated rings. The van der Waals surface area contributed by atoms with Crippen LogP contribution in [0.5, 0.6) is 11.5 Å². The lowest BCUT2D eigenvalue weighted by Crippen LogP contribution is -2.45. The predicted octanol–water partition coefficient (Wildman–Crippen LogP) is 5.22. The van der Waals surface area contributed by atoms with Crippen molar-refractivity contribution in [1.82, 2.24) is 10.4 Å². The van der Waals surface area contributed by atoms with Crippen molar-refractivity contribution in [2.24, 2.45) is 0 Å². The van der Waals surface area contributed by atoms with Crippen molar-refractivity contribution in [1.29, 1.82) is 0 Å². The largest absolute Gasteiger partial charge is 0.488 e. The summed E-state index contributed by atoms with van der Waals surface area (Å²) >= 11 is 6.59. The van der Waals surface area contributed by atoms with E-state index in [9.17, 15) is 14.9 Å². The van der Waals surface area contributed by atoms with Gasteiger partial charge in [-0.2, -0.15) is 0 Å². The maximum absolute atomic E-state index is 12.8. The molecule has 38 heavy (non-hydrogen) atoms. The minimum absolute atomic E-state index is 0.104. The number of ether oxygens (including phenoxy) is 2. The number of likely N-dealkylation sites (N-methyl/N-ethyl adjacent to an activating group) is 2. The van der Waals surface area contributed by atoms with Crippen molar-refractivity contribution >= 4 is 23.3 Å². The zero-order chi connectivity index (χ0) is 27.1. The molecule has 198 valence electrons. The second-order valence-corrected chi connectivity index (χ2v) is 8.83. The van der Waals surface area contributed by atoms with E-state index < -0.39 is 22.6 Å². The number of amides is 1. The van der Waals surface area contributed by atoms with Gasteiger partial charge in [-0.3, -0.25) is 14.9 Å². The normalized spacial score (nSPS) is 15.2. The first-order valence-electron chi connectivity index (χ1n) is 12.2. The van der Waals surface area contributed by atoms with Gasteiger partial charge < -0.3 is 19.6 Å². The molecule has 1 N–H and O–H groups in total. The molecular weight excluding hydrogens is 510 g/mol. The highest BCUT2D eigenvalue weighted by Gasteiger charge is 2.48. The molecule has 10 heteroatoms. The number of nitrogens with zero attached hydrogens (tertiary/aromatic N) is 2. The molecule has 0 radical (unpaired) electrons. The van der Waals surface area contributed by atoms with Crippen LogP contribution in [-0.4, -0.2) is 35.0 Å². The van der Waals surface area contributed by atoms with Gasteiger partial charge in [-0.05, 0) is 31.0 Å². The Kier molecular flexibility index (Phi) is 8.83. The molecule has 3 aromatic rings. The molecule has 4 rings (SSSR count). The molecule has 1 amide bonds. The van der Waals surface area contributed by atoms with E-state index in [1.54, 1.807) is 19.9 Å². The Balaban J connectivity index is 1.77. The Morgan fingerprint density at radius 2 is 1.58 bits per heavy atom. The number of carbonyl (C=O) groups excluding carboxylic acids is 1. The van der Waals surface area contributed by atoms with Gasteiger partial charge in [-0.15, -0.1) is 5.06 Å². The molecule has 9 nitrogen and oxygen atoms in total. The number of carbonyl (C=O) groups is 1. The van der Waals surface area contributed by atoms with Crippen LogP contribution < -0.4 is 14.8 Å². The van der Waals surface area contributed by atoms with Crippen molar-refractivity contribution in [2.75, 3.05) is 13.1 Å². The van der Waals surface area contributed by atoms with Gasteiger partial charge in [0.15, 0.2) is 0 Å². The summed E-state index contributed by atoms with van der Waals surface area (Å²) < 4.78 is 12.1. The molecule has 1 atom stereocenters. The zero-order valence-electron chi connectivity index (χ0n) is 21.1. The quantitative estimate of drug-likeness (QED) is 0.264. The summed E-state index contributed by atoms with van der Waals surface area (Å²) in [5, 5.41) is 16.4. The van der Waals surface area contributed by atoms with Crippen LogP contribution in [-0.2, 0) is 22.8 Å². The SMILES string of the molecule is CCNC(=O)C1C([N+](=O)[O-])=C(c2cc(Cl)c(OCc3ccccc3)cc2OCc2ccccc2)ON1CC. The second kappa shape index (κ2) is 12.4. The monoisotopic (exact) mass is 537 g/mol. The fourth-order valence-electron chi connectivity index (χ4n) is 4.03. The lowest BCUT2D eigenvalue weighted by Gasteiger charge is -2.20.